The summed E-state index contributed by atoms with van der Waals surface area (Å²) in [4.78, 5) is 24.6. The van der Waals surface area contributed by atoms with Crippen LogP contribution in [0.1, 0.15) is 39.1 Å². The summed E-state index contributed by atoms with van der Waals surface area (Å²) >= 11 is 2.24. The molecule has 2 aromatic rings. The third-order valence-electron chi connectivity index (χ3n) is 4.54. The zero-order valence-electron chi connectivity index (χ0n) is 16.5. The van der Waals surface area contributed by atoms with Crippen LogP contribution in [-0.4, -0.2) is 50.4 Å². The van der Waals surface area contributed by atoms with Gasteiger partial charge in [0.15, 0.2) is 0 Å². The predicted molar refractivity (Wildman–Crippen MR) is 116 cm³/mol. The summed E-state index contributed by atoms with van der Waals surface area (Å²) in [6.07, 6.45) is 1.34. The lowest BCUT2D eigenvalue weighted by molar-refractivity contribution is 0.0136. The molecule has 1 aromatic heterocycles. The Morgan fingerprint density at radius 1 is 1.48 bits per heavy atom. The molecule has 10 heteroatoms. The minimum absolute atomic E-state index is 0.00876. The minimum Gasteiger partial charge on any atom is -0.444 e. The highest BCUT2D eigenvalue weighted by Gasteiger charge is 2.47. The summed E-state index contributed by atoms with van der Waals surface area (Å²) < 4.78 is 6.63. The van der Waals surface area contributed by atoms with Gasteiger partial charge in [0, 0.05) is 14.9 Å². The van der Waals surface area contributed by atoms with Crippen LogP contribution < -0.4 is 0 Å². The highest BCUT2D eigenvalue weighted by molar-refractivity contribution is 14.1. The maximum absolute atomic E-state index is 12.8. The van der Waals surface area contributed by atoms with Gasteiger partial charge in [0.1, 0.15) is 11.4 Å². The molecule has 0 aliphatic carbocycles. The van der Waals surface area contributed by atoms with E-state index >= 15 is 0 Å². The Morgan fingerprint density at radius 3 is 2.79 bits per heavy atom. The number of carbonyl (C=O) groups is 1. The number of nitrogens with one attached hydrogen (secondary N) is 1. The molecule has 154 valence electrons. The second-order valence-electron chi connectivity index (χ2n) is 8.13. The van der Waals surface area contributed by atoms with Crippen LogP contribution in [0.25, 0.3) is 21.7 Å². The smallest absolute Gasteiger partial charge is 0.411 e. The standard InChI is InChI=1S/C19H23IN6O3/c1-18(2,3)29-17(27)26-11-19(28,10-23-25-21)8-15(26)16-22-9-14(24-16)12-4-6-13(20)7-5-12/h4-7,9,15,28H,8,10-11H2,1-3H3,(H,22,24). The van der Waals surface area contributed by atoms with E-state index in [1.54, 1.807) is 27.0 Å². The molecule has 1 amide bonds. The number of H-pyrrole nitrogens is 1. The lowest BCUT2D eigenvalue weighted by Crippen LogP contribution is -2.41. The topological polar surface area (TPSA) is 127 Å². The molecule has 1 saturated heterocycles. The van der Waals surface area contributed by atoms with Gasteiger partial charge in [-0.2, -0.15) is 0 Å². The number of benzene rings is 1. The molecule has 3 rings (SSSR count). The van der Waals surface area contributed by atoms with Crippen molar-refractivity contribution >= 4 is 28.7 Å². The summed E-state index contributed by atoms with van der Waals surface area (Å²) in [7, 11) is 0. The van der Waals surface area contributed by atoms with Gasteiger partial charge >= 0.3 is 6.09 Å². The molecule has 1 fully saturated rings. The minimum atomic E-state index is -1.34. The van der Waals surface area contributed by atoms with E-state index in [1.807, 2.05) is 24.3 Å². The fraction of sp³-hybridized carbons (Fsp3) is 0.474. The van der Waals surface area contributed by atoms with Crippen LogP contribution in [0.15, 0.2) is 35.6 Å². The molecule has 2 atom stereocenters. The van der Waals surface area contributed by atoms with Gasteiger partial charge in [-0.1, -0.05) is 17.2 Å². The summed E-state index contributed by atoms with van der Waals surface area (Å²) in [5.41, 5.74) is 8.38. The Hall–Kier alpha value is -2.30. The van der Waals surface area contributed by atoms with Gasteiger partial charge in [-0.15, -0.1) is 0 Å². The van der Waals surface area contributed by atoms with Crippen LogP contribution in [0.5, 0.6) is 0 Å². The molecular formula is C19H23IN6O3. The molecule has 2 N–H and O–H groups in total. The molecule has 1 aliphatic heterocycles. The van der Waals surface area contributed by atoms with Crippen LogP contribution in [0.3, 0.4) is 0 Å². The number of aromatic nitrogens is 2. The molecule has 0 saturated carbocycles. The zero-order valence-corrected chi connectivity index (χ0v) is 18.6. The van der Waals surface area contributed by atoms with E-state index in [9.17, 15) is 9.90 Å². The zero-order chi connectivity index (χ0) is 21.2. The van der Waals surface area contributed by atoms with E-state index < -0.39 is 23.3 Å². The first kappa shape index (κ1) is 21.4. The Morgan fingerprint density at radius 2 is 2.17 bits per heavy atom. The lowest BCUT2D eigenvalue weighted by atomic mass is 10.0. The van der Waals surface area contributed by atoms with Crippen LogP contribution in [-0.2, 0) is 4.74 Å². The highest BCUT2D eigenvalue weighted by atomic mass is 127. The number of hydrogen-bond donors (Lipinski definition) is 2. The predicted octanol–water partition coefficient (Wildman–Crippen LogP) is 4.40. The number of halogens is 1. The molecule has 2 unspecified atom stereocenters. The van der Waals surface area contributed by atoms with Gasteiger partial charge in [-0.25, -0.2) is 9.78 Å². The van der Waals surface area contributed by atoms with Crippen molar-refractivity contribution in [2.75, 3.05) is 13.1 Å². The van der Waals surface area contributed by atoms with Crippen LogP contribution in [0, 0.1) is 3.57 Å². The van der Waals surface area contributed by atoms with Gasteiger partial charge in [-0.05, 0) is 66.6 Å². The normalized spacial score (nSPS) is 21.7. The van der Waals surface area contributed by atoms with Gasteiger partial charge in [0.05, 0.1) is 36.6 Å². The van der Waals surface area contributed by atoms with Crippen LogP contribution >= 0.6 is 22.6 Å². The third kappa shape index (κ3) is 5.20. The van der Waals surface area contributed by atoms with Crippen molar-refractivity contribution < 1.29 is 14.6 Å². The average molecular weight is 510 g/mol. The van der Waals surface area contributed by atoms with Crippen LogP contribution in [0.4, 0.5) is 4.79 Å². The third-order valence-corrected chi connectivity index (χ3v) is 5.26. The van der Waals surface area contributed by atoms with E-state index in [-0.39, 0.29) is 19.5 Å². The first-order valence-corrected chi connectivity index (χ1v) is 10.2. The Balaban J connectivity index is 1.90. The molecule has 2 heterocycles. The van der Waals surface area contributed by atoms with Gasteiger partial charge in [0.2, 0.25) is 0 Å². The summed E-state index contributed by atoms with van der Waals surface area (Å²) in [5.74, 6) is 0.543. The SMILES string of the molecule is CC(C)(C)OC(=O)N1CC(O)(CN=[N+]=[N-])CC1c1ncc(-c2ccc(I)cc2)[nH]1. The van der Waals surface area contributed by atoms with Gasteiger partial charge in [-0.3, -0.25) is 4.90 Å². The Kier molecular flexibility index (Phi) is 6.06. The summed E-state index contributed by atoms with van der Waals surface area (Å²) in [6.45, 7) is 5.20. The van der Waals surface area contributed by atoms with E-state index in [0.29, 0.717) is 5.82 Å². The molecule has 9 nitrogen and oxygen atoms in total. The van der Waals surface area contributed by atoms with E-state index in [4.69, 9.17) is 10.3 Å². The number of carbonyl (C=O) groups excluding carboxylic acids is 1. The number of aromatic amines is 1. The molecule has 29 heavy (non-hydrogen) atoms. The number of imidazole rings is 1. The van der Waals surface area contributed by atoms with Crippen molar-refractivity contribution in [1.29, 1.82) is 0 Å². The number of rotatable bonds is 4. The maximum atomic E-state index is 12.8. The van der Waals surface area contributed by atoms with Crippen molar-refractivity contribution in [2.24, 2.45) is 5.11 Å². The first-order chi connectivity index (χ1) is 13.6. The molecule has 0 bridgehead atoms. The largest absolute Gasteiger partial charge is 0.444 e. The van der Waals surface area contributed by atoms with Crippen molar-refractivity contribution in [2.45, 2.75) is 44.4 Å². The quantitative estimate of drug-likeness (QED) is 0.274. The van der Waals surface area contributed by atoms with Crippen molar-refractivity contribution in [1.82, 2.24) is 14.9 Å². The molecule has 0 radical (unpaired) electrons. The average Bonchev–Trinajstić information content (AvgIpc) is 3.24. The van der Waals surface area contributed by atoms with Crippen LogP contribution in [0.2, 0.25) is 0 Å². The number of ether oxygens (including phenoxy) is 1. The Bertz CT molecular complexity index is 932. The van der Waals surface area contributed by atoms with E-state index in [2.05, 4.69) is 42.6 Å². The van der Waals surface area contributed by atoms with Gasteiger partial charge < -0.3 is 14.8 Å². The molecule has 0 spiro atoms. The van der Waals surface area contributed by atoms with Crippen molar-refractivity contribution in [3.05, 3.63) is 50.3 Å². The number of aliphatic hydroxyl groups is 1. The fourth-order valence-electron chi connectivity index (χ4n) is 3.28. The summed E-state index contributed by atoms with van der Waals surface area (Å²) in [5, 5.41) is 14.4. The number of amides is 1. The monoisotopic (exact) mass is 510 g/mol. The summed E-state index contributed by atoms with van der Waals surface area (Å²) in [6, 6.07) is 7.44. The number of nitrogens with zero attached hydrogens (tertiary/aromatic N) is 5. The second kappa shape index (κ2) is 8.21. The number of hydrogen-bond acceptors (Lipinski definition) is 5. The number of likely N-dealkylation sites (tertiary alicyclic amines) is 1. The van der Waals surface area contributed by atoms with Gasteiger partial charge in [0.25, 0.3) is 0 Å². The van der Waals surface area contributed by atoms with Crippen molar-refractivity contribution in [3.8, 4) is 11.3 Å². The Labute approximate surface area is 182 Å². The highest BCUT2D eigenvalue weighted by Crippen LogP contribution is 2.38. The number of β-amino-alcohol motifs (C(OH)–C–C–N with tert-alkyl or cyclic N) is 1. The molecular weight excluding hydrogens is 487 g/mol. The first-order valence-electron chi connectivity index (χ1n) is 9.14. The molecule has 1 aromatic carbocycles. The molecule has 1 aliphatic rings. The van der Waals surface area contributed by atoms with E-state index in [1.165, 1.54) is 4.90 Å². The van der Waals surface area contributed by atoms with Crippen molar-refractivity contribution in [3.63, 3.8) is 0 Å². The number of azide groups is 1. The van der Waals surface area contributed by atoms with E-state index in [0.717, 1.165) is 14.8 Å². The maximum Gasteiger partial charge on any atom is 0.411 e. The lowest BCUT2D eigenvalue weighted by Gasteiger charge is -2.28. The fourth-order valence-corrected chi connectivity index (χ4v) is 3.64. The second-order valence-corrected chi connectivity index (χ2v) is 9.38.